The maximum absolute atomic E-state index is 0. The van der Waals surface area contributed by atoms with Crippen molar-refractivity contribution in [3.63, 3.8) is 0 Å². The van der Waals surface area contributed by atoms with Crippen LogP contribution in [0, 0.1) is 0 Å². The van der Waals surface area contributed by atoms with Crippen molar-refractivity contribution in [2.45, 2.75) is 0 Å². The number of rotatable bonds is 0. The van der Waals surface area contributed by atoms with Gasteiger partial charge < -0.3 is 0 Å². The van der Waals surface area contributed by atoms with Crippen LogP contribution in [0.5, 0.6) is 0 Å². The molecule has 0 fully saturated rings. The van der Waals surface area contributed by atoms with Crippen LogP contribution in [0.4, 0.5) is 0 Å². The summed E-state index contributed by atoms with van der Waals surface area (Å²) in [5.74, 6) is 0. The average Bonchev–Trinajstić information content (AvgIpc) is 0. The van der Waals surface area contributed by atoms with Gasteiger partial charge in [0.05, 0.1) is 0 Å². The van der Waals surface area contributed by atoms with Gasteiger partial charge in [0.15, 0.2) is 0 Å². The first-order chi connectivity index (χ1) is 0. The predicted octanol–water partition coefficient (Wildman–Crippen LogP) is -0.0125. The minimum atomic E-state index is 0. The summed E-state index contributed by atoms with van der Waals surface area (Å²) >= 11 is 0. The van der Waals surface area contributed by atoms with Crippen LogP contribution < -0.4 is 0 Å². The summed E-state index contributed by atoms with van der Waals surface area (Å²) in [6.45, 7) is 0. The van der Waals surface area contributed by atoms with Gasteiger partial charge in [-0.1, -0.05) is 0 Å². The molecule has 0 nitrogen and oxygen atoms in total. The summed E-state index contributed by atoms with van der Waals surface area (Å²) in [6.07, 6.45) is 0. The zero-order valence-electron chi connectivity index (χ0n) is 1.75. The molecule has 0 unspecified atom stereocenters. The van der Waals surface area contributed by atoms with Gasteiger partial charge in [-0.25, -0.2) is 0 Å². The summed E-state index contributed by atoms with van der Waals surface area (Å²) in [5.41, 5.74) is 0. The first-order valence-electron chi connectivity index (χ1n) is 0. The molecule has 0 aromatic rings. The van der Waals surface area contributed by atoms with E-state index in [0.717, 1.165) is 0 Å². The van der Waals surface area contributed by atoms with E-state index in [9.17, 15) is 0 Å². The molecule has 0 aromatic carbocycles. The first-order valence-corrected chi connectivity index (χ1v) is 0. The molecule has 1 radical (unpaired) electrons. The molecular weight excluding hydrogens is 282 g/mol. The van der Waals surface area contributed by atoms with Crippen molar-refractivity contribution in [3.8, 4) is 0 Å². The van der Waals surface area contributed by atoms with Gasteiger partial charge in [0.1, 0.15) is 0 Å². The fourth-order valence-electron chi connectivity index (χ4n) is 0. The third kappa shape index (κ3) is 20.7. The predicted molar refractivity (Wildman–Crippen MR) is 0 cm³/mol. The van der Waals surface area contributed by atoms with Crippen molar-refractivity contribution in [2.75, 3.05) is 0 Å². The van der Waals surface area contributed by atoms with Gasteiger partial charge in [-0.2, -0.15) is 0 Å². The molecule has 0 aromatic heterocycles. The standard InChI is InChI=1S/Co.4Fe. The van der Waals surface area contributed by atoms with E-state index in [-0.39, 0.29) is 85.1 Å². The Morgan fingerprint density at radius 2 is 0.400 bits per heavy atom. The van der Waals surface area contributed by atoms with Gasteiger partial charge in [0.25, 0.3) is 0 Å². The van der Waals surface area contributed by atoms with Crippen LogP contribution in [-0.4, -0.2) is 0 Å². The van der Waals surface area contributed by atoms with Gasteiger partial charge in [0, 0.05) is 85.1 Å². The molecule has 0 rings (SSSR count). The van der Waals surface area contributed by atoms with E-state index in [1.807, 2.05) is 0 Å². The molecular formula is CoFe4. The molecule has 0 bridgehead atoms. The minimum absolute atomic E-state index is 0. The molecule has 0 spiro atoms. The van der Waals surface area contributed by atoms with Crippen molar-refractivity contribution in [1.82, 2.24) is 0 Å². The average molecular weight is 282 g/mol. The second-order valence-electron chi connectivity index (χ2n) is 0. The van der Waals surface area contributed by atoms with Crippen molar-refractivity contribution < 1.29 is 85.1 Å². The second kappa shape index (κ2) is 30.7. The van der Waals surface area contributed by atoms with E-state index >= 15 is 0 Å². The van der Waals surface area contributed by atoms with Crippen LogP contribution in [0.3, 0.4) is 0 Å². The normalized spacial score (nSPS) is 0. The Bertz CT molecular complexity index is 3.61. The number of hydrogen-bond acceptors (Lipinski definition) is 0. The molecule has 0 saturated heterocycles. The summed E-state index contributed by atoms with van der Waals surface area (Å²) in [7, 11) is 0. The molecule has 0 atom stereocenters. The zero-order valence-corrected chi connectivity index (χ0v) is 7.21. The van der Waals surface area contributed by atoms with Gasteiger partial charge in [-0.15, -0.1) is 0 Å². The maximum Gasteiger partial charge on any atom is 0 e. The summed E-state index contributed by atoms with van der Waals surface area (Å²) in [5, 5.41) is 0. The van der Waals surface area contributed by atoms with Crippen molar-refractivity contribution >= 4 is 0 Å². The Labute approximate surface area is 84.1 Å². The minimum Gasteiger partial charge on any atom is 0 e. The van der Waals surface area contributed by atoms with Gasteiger partial charge >= 0.3 is 0 Å². The Balaban J connectivity index is 0. The van der Waals surface area contributed by atoms with Gasteiger partial charge in [-0.05, 0) is 0 Å². The van der Waals surface area contributed by atoms with Crippen molar-refractivity contribution in [3.05, 3.63) is 0 Å². The van der Waals surface area contributed by atoms with Gasteiger partial charge in [-0.3, -0.25) is 0 Å². The van der Waals surface area contributed by atoms with Crippen LogP contribution in [0.1, 0.15) is 0 Å². The van der Waals surface area contributed by atoms with Gasteiger partial charge in [0.2, 0.25) is 0 Å². The molecule has 0 aliphatic heterocycles. The largest absolute Gasteiger partial charge is 0 e. The SMILES string of the molecule is [Co].[Fe].[Fe].[Fe].[Fe]. The molecule has 0 N–H and O–H groups in total. The summed E-state index contributed by atoms with van der Waals surface area (Å²) in [4.78, 5) is 0. The van der Waals surface area contributed by atoms with E-state index in [2.05, 4.69) is 0 Å². The van der Waals surface area contributed by atoms with Crippen LogP contribution in [0.2, 0.25) is 0 Å². The van der Waals surface area contributed by atoms with Crippen molar-refractivity contribution in [1.29, 1.82) is 0 Å². The first kappa shape index (κ1) is 49.2. The van der Waals surface area contributed by atoms with Crippen LogP contribution in [-0.2, 0) is 85.1 Å². The molecule has 0 saturated carbocycles. The molecule has 0 aliphatic rings. The third-order valence-corrected chi connectivity index (χ3v) is 0. The Hall–Kier alpha value is 2.58. The Kier molecular flexibility index (Phi) is 303. The topological polar surface area (TPSA) is 0 Å². The molecule has 0 amide bonds. The fourth-order valence-corrected chi connectivity index (χ4v) is 0. The molecule has 0 aliphatic carbocycles. The van der Waals surface area contributed by atoms with Crippen LogP contribution >= 0.6 is 0 Å². The second-order valence-corrected chi connectivity index (χ2v) is 0. The van der Waals surface area contributed by atoms with E-state index in [1.54, 1.807) is 0 Å². The maximum atomic E-state index is 0. The monoisotopic (exact) mass is 283 g/mol. The summed E-state index contributed by atoms with van der Waals surface area (Å²) in [6, 6.07) is 0. The molecule has 5 heavy (non-hydrogen) atoms. The van der Waals surface area contributed by atoms with E-state index in [4.69, 9.17) is 0 Å². The Morgan fingerprint density at radius 1 is 0.400 bits per heavy atom. The number of hydrogen-bond donors (Lipinski definition) is 0. The molecule has 5 heteroatoms. The Morgan fingerprint density at radius 3 is 0.400 bits per heavy atom. The van der Waals surface area contributed by atoms with E-state index in [0.29, 0.717) is 0 Å². The smallest absolute Gasteiger partial charge is 0 e. The summed E-state index contributed by atoms with van der Waals surface area (Å²) < 4.78 is 0. The van der Waals surface area contributed by atoms with E-state index in [1.165, 1.54) is 0 Å². The quantitative estimate of drug-likeness (QED) is 0.548. The zero-order chi connectivity index (χ0) is 0. The fraction of sp³-hybridized carbons (Fsp3) is 0. The van der Waals surface area contributed by atoms with Crippen LogP contribution in [0.25, 0.3) is 0 Å². The van der Waals surface area contributed by atoms with Crippen LogP contribution in [0.15, 0.2) is 0 Å². The third-order valence-electron chi connectivity index (χ3n) is 0. The molecule has 0 heterocycles. The molecule has 41 valence electrons. The van der Waals surface area contributed by atoms with E-state index < -0.39 is 0 Å². The van der Waals surface area contributed by atoms with Crippen molar-refractivity contribution in [2.24, 2.45) is 0 Å².